The molecule has 12 heteroatoms. The molecule has 0 amide bonds. The molecular formula is C8H11BrN2O8S. The van der Waals surface area contributed by atoms with Gasteiger partial charge in [0.2, 0.25) is 16.7 Å². The van der Waals surface area contributed by atoms with Crippen LogP contribution in [0.25, 0.3) is 0 Å². The Labute approximate surface area is 122 Å². The summed E-state index contributed by atoms with van der Waals surface area (Å²) in [6, 6.07) is 0. The van der Waals surface area contributed by atoms with Crippen LogP contribution in [0.5, 0.6) is 0 Å². The van der Waals surface area contributed by atoms with Crippen molar-refractivity contribution < 1.29 is 41.9 Å². The molecule has 0 spiro atoms. The second-order valence-electron chi connectivity index (χ2n) is 3.55. The lowest BCUT2D eigenvalue weighted by atomic mass is 10.2. The number of hydrogen-bond acceptors (Lipinski definition) is 5. The van der Waals surface area contributed by atoms with Crippen LogP contribution in [0.15, 0.2) is 18.7 Å². The molecule has 0 radical (unpaired) electrons. The molecule has 0 aromatic carbocycles. The summed E-state index contributed by atoms with van der Waals surface area (Å²) in [7, 11) is -3.20. The number of carboxylic acids is 2. The highest BCUT2D eigenvalue weighted by atomic mass is 79.9. The first-order valence-corrected chi connectivity index (χ1v) is 6.88. The van der Waals surface area contributed by atoms with Gasteiger partial charge < -0.3 is 14.8 Å². The van der Waals surface area contributed by atoms with Gasteiger partial charge in [0.1, 0.15) is 18.8 Å². The van der Waals surface area contributed by atoms with E-state index in [1.807, 2.05) is 0 Å². The van der Waals surface area contributed by atoms with Crippen LogP contribution in [0, 0.1) is 0 Å². The Morgan fingerprint density at radius 3 is 2.15 bits per heavy atom. The third-order valence-electron chi connectivity index (χ3n) is 1.89. The van der Waals surface area contributed by atoms with Gasteiger partial charge in [-0.05, 0) is 15.9 Å². The molecule has 0 aliphatic rings. The van der Waals surface area contributed by atoms with E-state index in [1.165, 1.54) is 17.1 Å². The lowest BCUT2D eigenvalue weighted by Crippen LogP contribution is -2.57. The van der Waals surface area contributed by atoms with Gasteiger partial charge in [-0.15, -0.1) is 0 Å². The largest absolute Gasteiger partial charge is 0.726 e. The van der Waals surface area contributed by atoms with E-state index < -0.39 is 33.2 Å². The monoisotopic (exact) mass is 374 g/mol. The van der Waals surface area contributed by atoms with E-state index in [0.717, 1.165) is 0 Å². The van der Waals surface area contributed by atoms with Gasteiger partial charge in [-0.25, -0.2) is 22.3 Å². The molecule has 1 atom stereocenters. The lowest BCUT2D eigenvalue weighted by Gasteiger charge is -2.16. The molecule has 0 aliphatic heterocycles. The molecule has 3 N–H and O–H groups in total. The molecule has 20 heavy (non-hydrogen) atoms. The summed E-state index contributed by atoms with van der Waals surface area (Å²) in [5.41, 5.74) is 0. The number of carboxylic acid groups (broad SMARTS) is 2. The Morgan fingerprint density at radius 2 is 1.90 bits per heavy atom. The predicted octanol–water partition coefficient (Wildman–Crippen LogP) is -1.08. The average molecular weight is 375 g/mol. The highest BCUT2D eigenvalue weighted by Crippen LogP contribution is 2.22. The smallest absolute Gasteiger partial charge is 0.364 e. The van der Waals surface area contributed by atoms with E-state index in [9.17, 15) is 9.59 Å². The second kappa shape index (κ2) is 6.78. The van der Waals surface area contributed by atoms with Crippen molar-refractivity contribution in [1.29, 1.82) is 0 Å². The number of nitrogens with zero attached hydrogens (tertiary/aromatic N) is 2. The Morgan fingerprint density at radius 1 is 1.45 bits per heavy atom. The number of carbonyl (C=O) groups is 2. The number of aliphatic carboxylic acids is 2. The zero-order valence-electron chi connectivity index (χ0n) is 10.0. The van der Waals surface area contributed by atoms with Crippen LogP contribution in [0.4, 0.5) is 0 Å². The van der Waals surface area contributed by atoms with Gasteiger partial charge in [0.05, 0.1) is 7.05 Å². The van der Waals surface area contributed by atoms with Crippen molar-refractivity contribution in [2.75, 3.05) is 0 Å². The van der Waals surface area contributed by atoms with E-state index in [-0.39, 0.29) is 0 Å². The minimum atomic E-state index is -4.92. The second-order valence-corrected chi connectivity index (χ2v) is 5.72. The van der Waals surface area contributed by atoms with Crippen molar-refractivity contribution in [1.82, 2.24) is 4.57 Å². The molecule has 114 valence electrons. The minimum Gasteiger partial charge on any atom is -0.726 e. The summed E-state index contributed by atoms with van der Waals surface area (Å²) in [6.07, 6.45) is 4.06. The fourth-order valence-corrected chi connectivity index (χ4v) is 1.59. The summed E-state index contributed by atoms with van der Waals surface area (Å²) < 4.78 is 34.1. The number of aromatic nitrogens is 2. The van der Waals surface area contributed by atoms with Gasteiger partial charge in [0, 0.05) is 0 Å². The van der Waals surface area contributed by atoms with Crippen molar-refractivity contribution in [2.24, 2.45) is 7.05 Å². The van der Waals surface area contributed by atoms with Crippen molar-refractivity contribution in [2.45, 2.75) is 10.9 Å². The van der Waals surface area contributed by atoms with Crippen LogP contribution < -0.4 is 4.57 Å². The van der Waals surface area contributed by atoms with Gasteiger partial charge >= 0.3 is 11.9 Å². The van der Waals surface area contributed by atoms with E-state index in [1.54, 1.807) is 17.8 Å². The SMILES string of the molecule is Cn1cc[n+](C(Br)(CC(=O)O)C(=O)O)c1.O=S(=O)([O-])O. The number of hydrogen-bond donors (Lipinski definition) is 3. The first-order valence-electron chi connectivity index (χ1n) is 4.72. The number of aryl methyl sites for hydroxylation is 1. The van der Waals surface area contributed by atoms with E-state index in [0.29, 0.717) is 0 Å². The van der Waals surface area contributed by atoms with Crippen LogP contribution in [0.2, 0.25) is 0 Å². The molecule has 1 aromatic heterocycles. The lowest BCUT2D eigenvalue weighted by molar-refractivity contribution is -0.721. The maximum absolute atomic E-state index is 11.0. The van der Waals surface area contributed by atoms with E-state index in [4.69, 9.17) is 27.7 Å². The molecule has 1 unspecified atom stereocenters. The normalized spacial score (nSPS) is 13.8. The molecule has 1 rings (SSSR count). The fourth-order valence-electron chi connectivity index (χ4n) is 1.14. The number of imidazole rings is 1. The molecule has 0 bridgehead atoms. The van der Waals surface area contributed by atoms with E-state index in [2.05, 4.69) is 15.9 Å². The number of alkyl halides is 1. The highest BCUT2D eigenvalue weighted by molar-refractivity contribution is 9.09. The summed E-state index contributed by atoms with van der Waals surface area (Å²) in [4.78, 5) is 21.6. The maximum Gasteiger partial charge on any atom is 0.364 e. The average Bonchev–Trinajstić information content (AvgIpc) is 2.61. The van der Waals surface area contributed by atoms with Crippen molar-refractivity contribution in [3.05, 3.63) is 18.7 Å². The van der Waals surface area contributed by atoms with Crippen molar-refractivity contribution in [3.63, 3.8) is 0 Å². The Balaban J connectivity index is 0.000000621. The Hall–Kier alpha value is -1.50. The van der Waals surface area contributed by atoms with Crippen molar-refractivity contribution in [3.8, 4) is 0 Å². The van der Waals surface area contributed by atoms with Crippen LogP contribution in [0.3, 0.4) is 0 Å². The van der Waals surface area contributed by atoms with Gasteiger partial charge in [-0.1, -0.05) is 0 Å². The summed E-state index contributed by atoms with van der Waals surface area (Å²) in [6.45, 7) is 0. The van der Waals surface area contributed by atoms with Gasteiger partial charge in [0.25, 0.3) is 4.45 Å². The third-order valence-corrected chi connectivity index (χ3v) is 2.92. The predicted molar refractivity (Wildman–Crippen MR) is 64.7 cm³/mol. The summed E-state index contributed by atoms with van der Waals surface area (Å²) >= 11 is 2.94. The van der Waals surface area contributed by atoms with Crippen LogP contribution in [0.1, 0.15) is 6.42 Å². The molecule has 1 heterocycles. The van der Waals surface area contributed by atoms with Crippen LogP contribution in [-0.2, 0) is 31.5 Å². The molecular weight excluding hydrogens is 364 g/mol. The quantitative estimate of drug-likeness (QED) is 0.259. The van der Waals surface area contributed by atoms with Crippen molar-refractivity contribution >= 4 is 38.3 Å². The molecule has 0 fully saturated rings. The molecule has 0 aliphatic carbocycles. The Kier molecular flexibility index (Phi) is 6.28. The first-order chi connectivity index (χ1) is 8.86. The minimum absolute atomic E-state index is 0.545. The van der Waals surface area contributed by atoms with Gasteiger partial charge in [0.15, 0.2) is 0 Å². The highest BCUT2D eigenvalue weighted by Gasteiger charge is 2.44. The molecule has 0 saturated carbocycles. The molecule has 1 aromatic rings. The number of rotatable bonds is 4. The zero-order valence-corrected chi connectivity index (χ0v) is 12.4. The number of halogens is 1. The molecule has 10 nitrogen and oxygen atoms in total. The van der Waals surface area contributed by atoms with Crippen LogP contribution in [-0.4, -0.2) is 44.2 Å². The topological polar surface area (TPSA) is 161 Å². The molecule has 0 saturated heterocycles. The summed E-state index contributed by atoms with van der Waals surface area (Å²) in [5.74, 6) is -2.44. The van der Waals surface area contributed by atoms with Crippen LogP contribution >= 0.6 is 15.9 Å². The van der Waals surface area contributed by atoms with Gasteiger partial charge in [-0.2, -0.15) is 0 Å². The maximum atomic E-state index is 11.0. The zero-order chi connectivity index (χ0) is 16.1. The first kappa shape index (κ1) is 18.5. The third kappa shape index (κ3) is 6.60. The fraction of sp³-hybridized carbons (Fsp3) is 0.375. The van der Waals surface area contributed by atoms with E-state index >= 15 is 0 Å². The standard InChI is InChI=1S/C8H9BrN2O4.H2O4S/c1-10-2-3-11(5-10)8(9,7(14)15)4-6(12)13;1-5(2,3)4/h2-3,5H,4H2,1H3,(H-,12,13,14,15);(H2,1,2,3,4). The van der Waals surface area contributed by atoms with Gasteiger partial charge in [-0.3, -0.25) is 9.35 Å². The summed E-state index contributed by atoms with van der Waals surface area (Å²) in [5, 5.41) is 17.7. The Bertz CT molecular complexity index is 589.